The summed E-state index contributed by atoms with van der Waals surface area (Å²) in [5.74, 6) is -0.873. The molecule has 4 aromatic rings. The van der Waals surface area contributed by atoms with Crippen molar-refractivity contribution in [3.63, 3.8) is 0 Å². The molecular formula is C31H31F4N5O3S. The number of carbonyl (C=O) groups is 2. The molecule has 0 aliphatic rings. The molecular weight excluding hydrogens is 598 g/mol. The average molecular weight is 630 g/mol. The van der Waals surface area contributed by atoms with Crippen LogP contribution >= 0.6 is 11.3 Å². The number of benzene rings is 2. The minimum absolute atomic E-state index is 0.0216. The summed E-state index contributed by atoms with van der Waals surface area (Å²) in [5, 5.41) is 19.0. The molecule has 44 heavy (non-hydrogen) atoms. The van der Waals surface area contributed by atoms with Crippen LogP contribution < -0.4 is 10.6 Å². The Balaban J connectivity index is 1.42. The van der Waals surface area contributed by atoms with Crippen molar-refractivity contribution < 1.29 is 32.3 Å². The van der Waals surface area contributed by atoms with Gasteiger partial charge >= 0.3 is 6.18 Å². The SMILES string of the molecule is CN(Cc1nc(CF)cs1)C(=O)c1cccc(C(=O)N[C@@H](Cc2ccccc2)[C@H](O)CNCc2cncc(C(F)(F)F)c2)c1. The Kier molecular flexibility index (Phi) is 11.1. The molecule has 0 bridgehead atoms. The highest BCUT2D eigenvalue weighted by atomic mass is 32.1. The lowest BCUT2D eigenvalue weighted by Gasteiger charge is -2.25. The first-order valence-corrected chi connectivity index (χ1v) is 14.5. The zero-order valence-electron chi connectivity index (χ0n) is 23.7. The normalized spacial score (nSPS) is 12.9. The number of nitrogens with zero attached hydrogens (tertiary/aromatic N) is 3. The summed E-state index contributed by atoms with van der Waals surface area (Å²) >= 11 is 1.25. The number of hydrogen-bond donors (Lipinski definition) is 3. The molecule has 0 fully saturated rings. The zero-order chi connectivity index (χ0) is 31.7. The Morgan fingerprint density at radius 3 is 2.48 bits per heavy atom. The molecule has 0 aliphatic heterocycles. The second-order valence-corrected chi connectivity index (χ2v) is 11.1. The standard InChI is InChI=1S/C31H31F4N5O3S/c1-40(18-28-38-25(13-32)19-44-28)30(43)23-9-5-8-22(12-23)29(42)39-26(11-20-6-3-2-4-7-20)27(41)17-37-15-21-10-24(16-36-14-21)31(33,34)35/h2-10,12,14,16,19,26-27,37,41H,11,13,15,17-18H2,1H3,(H,39,42)/t26-,27+/m0/s1. The molecule has 2 aromatic heterocycles. The lowest BCUT2D eigenvalue weighted by Crippen LogP contribution is -2.48. The minimum Gasteiger partial charge on any atom is -0.390 e. The van der Waals surface area contributed by atoms with Gasteiger partial charge in [-0.1, -0.05) is 36.4 Å². The van der Waals surface area contributed by atoms with Crippen molar-refractivity contribution in [1.29, 1.82) is 0 Å². The summed E-state index contributed by atoms with van der Waals surface area (Å²) in [6.45, 7) is -0.518. The molecule has 0 unspecified atom stereocenters. The first-order chi connectivity index (χ1) is 21.0. The lowest BCUT2D eigenvalue weighted by atomic mass is 10.00. The van der Waals surface area contributed by atoms with Crippen molar-refractivity contribution in [2.45, 2.75) is 44.5 Å². The molecule has 0 radical (unpaired) electrons. The third kappa shape index (κ3) is 9.15. The van der Waals surface area contributed by atoms with Crippen molar-refractivity contribution in [1.82, 2.24) is 25.5 Å². The van der Waals surface area contributed by atoms with E-state index >= 15 is 0 Å². The van der Waals surface area contributed by atoms with E-state index in [1.165, 1.54) is 28.5 Å². The number of aromatic nitrogens is 2. The number of halogens is 4. The number of pyridine rings is 1. The van der Waals surface area contributed by atoms with E-state index in [4.69, 9.17) is 0 Å². The summed E-state index contributed by atoms with van der Waals surface area (Å²) in [5.41, 5.74) is 1.04. The predicted molar refractivity (Wildman–Crippen MR) is 158 cm³/mol. The van der Waals surface area contributed by atoms with Gasteiger partial charge in [0, 0.05) is 49.0 Å². The third-order valence-electron chi connectivity index (χ3n) is 6.71. The summed E-state index contributed by atoms with van der Waals surface area (Å²) in [4.78, 5) is 35.6. The molecule has 8 nitrogen and oxygen atoms in total. The number of alkyl halides is 4. The van der Waals surface area contributed by atoms with E-state index < -0.39 is 36.5 Å². The maximum Gasteiger partial charge on any atom is 0.417 e. The number of aliphatic hydroxyl groups is 1. The van der Waals surface area contributed by atoms with Gasteiger partial charge in [-0.05, 0) is 41.8 Å². The Morgan fingerprint density at radius 1 is 1.02 bits per heavy atom. The average Bonchev–Trinajstić information content (AvgIpc) is 3.48. The van der Waals surface area contributed by atoms with Crippen LogP contribution in [0.15, 0.2) is 78.4 Å². The van der Waals surface area contributed by atoms with E-state index in [-0.39, 0.29) is 43.1 Å². The molecule has 0 spiro atoms. The Labute approximate surface area is 255 Å². The van der Waals surface area contributed by atoms with Crippen molar-refractivity contribution in [2.24, 2.45) is 0 Å². The van der Waals surface area contributed by atoms with Gasteiger partial charge in [0.15, 0.2) is 0 Å². The van der Waals surface area contributed by atoms with E-state index in [1.54, 1.807) is 30.6 Å². The van der Waals surface area contributed by atoms with Gasteiger partial charge < -0.3 is 20.6 Å². The second-order valence-electron chi connectivity index (χ2n) is 10.2. The van der Waals surface area contributed by atoms with E-state index in [0.29, 0.717) is 16.3 Å². The van der Waals surface area contributed by atoms with Gasteiger partial charge in [0.2, 0.25) is 0 Å². The van der Waals surface area contributed by atoms with Crippen LogP contribution in [0, 0.1) is 0 Å². The molecule has 0 saturated carbocycles. The quantitative estimate of drug-likeness (QED) is 0.184. The van der Waals surface area contributed by atoms with Gasteiger partial charge in [-0.15, -0.1) is 11.3 Å². The summed E-state index contributed by atoms with van der Waals surface area (Å²) in [7, 11) is 1.58. The summed E-state index contributed by atoms with van der Waals surface area (Å²) < 4.78 is 51.9. The number of nitrogens with one attached hydrogen (secondary N) is 2. The number of rotatable bonds is 13. The van der Waals surface area contributed by atoms with Crippen LogP contribution in [0.3, 0.4) is 0 Å². The van der Waals surface area contributed by atoms with Crippen LogP contribution in [-0.2, 0) is 32.4 Å². The molecule has 2 aromatic carbocycles. The van der Waals surface area contributed by atoms with Gasteiger partial charge in [-0.25, -0.2) is 9.37 Å². The molecule has 4 rings (SSSR count). The molecule has 2 heterocycles. The van der Waals surface area contributed by atoms with Crippen LogP contribution in [0.1, 0.15) is 48.1 Å². The fourth-order valence-electron chi connectivity index (χ4n) is 4.42. The number of carbonyl (C=O) groups excluding carboxylic acids is 2. The highest BCUT2D eigenvalue weighted by Gasteiger charge is 2.31. The lowest BCUT2D eigenvalue weighted by molar-refractivity contribution is -0.137. The fourth-order valence-corrected chi connectivity index (χ4v) is 5.25. The molecule has 13 heteroatoms. The van der Waals surface area contributed by atoms with Gasteiger partial charge in [-0.2, -0.15) is 13.2 Å². The Morgan fingerprint density at radius 2 is 1.77 bits per heavy atom. The van der Waals surface area contributed by atoms with Crippen molar-refractivity contribution in [2.75, 3.05) is 13.6 Å². The van der Waals surface area contributed by atoms with Gasteiger partial charge in [-0.3, -0.25) is 14.6 Å². The zero-order valence-corrected chi connectivity index (χ0v) is 24.5. The summed E-state index contributed by atoms with van der Waals surface area (Å²) in [6.07, 6.45) is -3.30. The third-order valence-corrected chi connectivity index (χ3v) is 7.59. The largest absolute Gasteiger partial charge is 0.417 e. The first kappa shape index (κ1) is 32.7. The fraction of sp³-hybridized carbons (Fsp3) is 0.290. The predicted octanol–water partition coefficient (Wildman–Crippen LogP) is 4.79. The first-order valence-electron chi connectivity index (χ1n) is 13.6. The Hall–Kier alpha value is -4.20. The van der Waals surface area contributed by atoms with Crippen molar-refractivity contribution in [3.05, 3.63) is 117 Å². The molecule has 3 N–H and O–H groups in total. The Bertz CT molecular complexity index is 1550. The molecule has 232 valence electrons. The monoisotopic (exact) mass is 629 g/mol. The van der Waals surface area contributed by atoms with Crippen LogP contribution in [0.2, 0.25) is 0 Å². The number of hydrogen-bond acceptors (Lipinski definition) is 7. The maximum absolute atomic E-state index is 13.3. The van der Waals surface area contributed by atoms with Crippen LogP contribution in [0.25, 0.3) is 0 Å². The van der Waals surface area contributed by atoms with E-state index in [2.05, 4.69) is 20.6 Å². The highest BCUT2D eigenvalue weighted by Crippen LogP contribution is 2.28. The molecule has 2 amide bonds. The van der Waals surface area contributed by atoms with E-state index in [0.717, 1.165) is 17.8 Å². The maximum atomic E-state index is 13.3. The number of thiazole rings is 1. The van der Waals surface area contributed by atoms with Crippen molar-refractivity contribution in [3.8, 4) is 0 Å². The van der Waals surface area contributed by atoms with Gasteiger partial charge in [0.05, 0.1) is 29.9 Å². The van der Waals surface area contributed by atoms with Crippen LogP contribution in [0.5, 0.6) is 0 Å². The smallest absolute Gasteiger partial charge is 0.390 e. The van der Waals surface area contributed by atoms with E-state index in [9.17, 15) is 32.3 Å². The van der Waals surface area contributed by atoms with Crippen LogP contribution in [0.4, 0.5) is 17.6 Å². The number of aliphatic hydroxyl groups excluding tert-OH is 1. The van der Waals surface area contributed by atoms with Crippen molar-refractivity contribution >= 4 is 23.2 Å². The minimum atomic E-state index is -4.52. The highest BCUT2D eigenvalue weighted by molar-refractivity contribution is 7.09. The number of amides is 2. The molecule has 2 atom stereocenters. The summed E-state index contributed by atoms with van der Waals surface area (Å²) in [6, 6.07) is 15.6. The van der Waals surface area contributed by atoms with Gasteiger partial charge in [0.1, 0.15) is 11.7 Å². The molecule has 0 aliphatic carbocycles. The van der Waals surface area contributed by atoms with Gasteiger partial charge in [0.25, 0.3) is 11.8 Å². The second kappa shape index (κ2) is 15.0. The van der Waals surface area contributed by atoms with Crippen LogP contribution in [-0.4, -0.2) is 57.5 Å². The topological polar surface area (TPSA) is 107 Å². The molecule has 0 saturated heterocycles. The van der Waals surface area contributed by atoms with E-state index in [1.807, 2.05) is 30.3 Å².